The Morgan fingerprint density at radius 3 is 2.32 bits per heavy atom. The van der Waals surface area contributed by atoms with E-state index in [2.05, 4.69) is 4.74 Å². The number of ether oxygens (including phenoxy) is 1. The van der Waals surface area contributed by atoms with E-state index in [0.717, 1.165) is 15.9 Å². The second-order valence-corrected chi connectivity index (χ2v) is 6.68. The maximum absolute atomic E-state index is 12.5. The number of aryl methyl sites for hydroxylation is 1. The molecule has 0 unspecified atom stereocenters. The molecule has 0 atom stereocenters. The van der Waals surface area contributed by atoms with E-state index in [1.807, 2.05) is 6.92 Å². The van der Waals surface area contributed by atoms with E-state index in [4.69, 9.17) is 0 Å². The molecule has 1 aromatic carbocycles. The summed E-state index contributed by atoms with van der Waals surface area (Å²) in [7, 11) is -2.58. The monoisotopic (exact) mass is 325 g/mol. The smallest absolute Gasteiger partial charge is 0.330 e. The Morgan fingerprint density at radius 2 is 1.82 bits per heavy atom. The van der Waals surface area contributed by atoms with Crippen molar-refractivity contribution in [1.82, 2.24) is 4.31 Å². The van der Waals surface area contributed by atoms with E-state index >= 15 is 0 Å². The summed E-state index contributed by atoms with van der Waals surface area (Å²) in [6, 6.07) is 6.34. The van der Waals surface area contributed by atoms with Gasteiger partial charge in [-0.25, -0.2) is 13.2 Å². The molecule has 0 fully saturated rings. The zero-order valence-corrected chi connectivity index (χ0v) is 13.6. The average Bonchev–Trinajstić information content (AvgIpc) is 2.46. The first-order chi connectivity index (χ1) is 10.3. The van der Waals surface area contributed by atoms with Gasteiger partial charge < -0.3 is 4.74 Å². The van der Waals surface area contributed by atoms with Crippen LogP contribution in [0.5, 0.6) is 0 Å². The van der Waals surface area contributed by atoms with Crippen molar-refractivity contribution in [1.29, 1.82) is 0 Å². The predicted octanol–water partition coefficient (Wildman–Crippen LogP) is 1.30. The zero-order chi connectivity index (χ0) is 16.8. The molecule has 7 heteroatoms. The zero-order valence-electron chi connectivity index (χ0n) is 12.8. The topological polar surface area (TPSA) is 80.8 Å². The van der Waals surface area contributed by atoms with Gasteiger partial charge in [-0.3, -0.25) is 4.79 Å². The third-order valence-corrected chi connectivity index (χ3v) is 4.65. The van der Waals surface area contributed by atoms with Crippen LogP contribution >= 0.6 is 0 Å². The molecule has 0 aliphatic rings. The largest absolute Gasteiger partial charge is 0.466 e. The number of carbonyl (C=O) groups excluding carboxylic acids is 2. The van der Waals surface area contributed by atoms with Crippen LogP contribution in [0.2, 0.25) is 0 Å². The summed E-state index contributed by atoms with van der Waals surface area (Å²) in [5.41, 5.74) is 0.933. The Hall–Kier alpha value is -1.99. The molecule has 6 nitrogen and oxygen atoms in total. The fourth-order valence-corrected chi connectivity index (χ4v) is 3.10. The predicted molar refractivity (Wildman–Crippen MR) is 81.8 cm³/mol. The van der Waals surface area contributed by atoms with Gasteiger partial charge in [-0.15, -0.1) is 0 Å². The summed E-state index contributed by atoms with van der Waals surface area (Å²) in [6.07, 6.45) is 2.47. The number of nitrogens with zero attached hydrogens (tertiary/aromatic N) is 1. The van der Waals surface area contributed by atoms with Crippen molar-refractivity contribution >= 4 is 21.8 Å². The van der Waals surface area contributed by atoms with Crippen molar-refractivity contribution in [2.75, 3.05) is 20.2 Å². The van der Waals surface area contributed by atoms with Crippen LogP contribution < -0.4 is 0 Å². The van der Waals surface area contributed by atoms with Gasteiger partial charge in [0, 0.05) is 12.6 Å². The minimum Gasteiger partial charge on any atom is -0.466 e. The average molecular weight is 325 g/mol. The maximum atomic E-state index is 12.5. The Balaban J connectivity index is 3.04. The first-order valence-electron chi connectivity index (χ1n) is 6.58. The van der Waals surface area contributed by atoms with E-state index in [9.17, 15) is 18.0 Å². The number of esters is 1. The highest BCUT2D eigenvalue weighted by Crippen LogP contribution is 2.16. The quantitative estimate of drug-likeness (QED) is 0.557. The van der Waals surface area contributed by atoms with Crippen LogP contribution in [-0.2, 0) is 24.3 Å². The molecule has 120 valence electrons. The molecule has 0 radical (unpaired) electrons. The van der Waals surface area contributed by atoms with Crippen LogP contribution in [0.15, 0.2) is 41.3 Å². The minimum absolute atomic E-state index is 0.0924. The van der Waals surface area contributed by atoms with Gasteiger partial charge in [-0.2, -0.15) is 4.31 Å². The molecule has 0 aliphatic carbocycles. The SMILES string of the molecule is COC(=O)/C=C/CN(CC(C)=O)S(=O)(=O)c1ccc(C)cc1. The Morgan fingerprint density at radius 1 is 1.23 bits per heavy atom. The summed E-state index contributed by atoms with van der Waals surface area (Å²) in [5.74, 6) is -0.877. The molecule has 0 aliphatic heterocycles. The van der Waals surface area contributed by atoms with Crippen LogP contribution in [0.4, 0.5) is 0 Å². The molecule has 0 heterocycles. The Labute approximate surface area is 130 Å². The first kappa shape index (κ1) is 18.1. The summed E-state index contributed by atoms with van der Waals surface area (Å²) in [4.78, 5) is 22.4. The van der Waals surface area contributed by atoms with Gasteiger partial charge in [0.2, 0.25) is 10.0 Å². The van der Waals surface area contributed by atoms with Crippen molar-refractivity contribution < 1.29 is 22.7 Å². The highest BCUT2D eigenvalue weighted by Gasteiger charge is 2.24. The standard InChI is InChI=1S/C15H19NO5S/c1-12-6-8-14(9-7-12)22(19,20)16(11-13(2)17)10-4-5-15(18)21-3/h4-9H,10-11H2,1-3H3/b5-4+. The molecule has 1 aromatic rings. The molecule has 0 aromatic heterocycles. The lowest BCUT2D eigenvalue weighted by molar-refractivity contribution is -0.134. The number of hydrogen-bond acceptors (Lipinski definition) is 5. The van der Waals surface area contributed by atoms with Gasteiger partial charge in [0.15, 0.2) is 0 Å². The highest BCUT2D eigenvalue weighted by molar-refractivity contribution is 7.89. The van der Waals surface area contributed by atoms with Gasteiger partial charge >= 0.3 is 5.97 Å². The van der Waals surface area contributed by atoms with Crippen molar-refractivity contribution in [3.8, 4) is 0 Å². The van der Waals surface area contributed by atoms with Crippen molar-refractivity contribution in [2.24, 2.45) is 0 Å². The summed E-state index contributed by atoms with van der Waals surface area (Å²) in [6.45, 7) is 2.80. The molecular weight excluding hydrogens is 306 g/mol. The van der Waals surface area contributed by atoms with Gasteiger partial charge in [0.05, 0.1) is 18.6 Å². The van der Waals surface area contributed by atoms with E-state index in [1.165, 1.54) is 32.2 Å². The minimum atomic E-state index is -3.81. The fourth-order valence-electron chi connectivity index (χ4n) is 1.69. The summed E-state index contributed by atoms with van der Waals surface area (Å²) >= 11 is 0. The van der Waals surface area contributed by atoms with E-state index in [0.29, 0.717) is 0 Å². The summed E-state index contributed by atoms with van der Waals surface area (Å²) in [5, 5.41) is 0. The summed E-state index contributed by atoms with van der Waals surface area (Å²) < 4.78 is 30.5. The van der Waals surface area contributed by atoms with Crippen LogP contribution in [-0.4, -0.2) is 44.7 Å². The number of benzene rings is 1. The first-order valence-corrected chi connectivity index (χ1v) is 8.02. The van der Waals surface area contributed by atoms with Crippen molar-refractivity contribution in [3.05, 3.63) is 42.0 Å². The van der Waals surface area contributed by atoms with E-state index in [1.54, 1.807) is 12.1 Å². The van der Waals surface area contributed by atoms with Gasteiger partial charge in [0.25, 0.3) is 0 Å². The van der Waals surface area contributed by atoms with Crippen LogP contribution in [0.3, 0.4) is 0 Å². The lowest BCUT2D eigenvalue weighted by atomic mass is 10.2. The molecule has 0 spiro atoms. The number of Topliss-reactive ketones (excluding diaryl/α,β-unsaturated/α-hetero) is 1. The molecule has 0 saturated carbocycles. The third-order valence-electron chi connectivity index (χ3n) is 2.82. The van der Waals surface area contributed by atoms with Crippen molar-refractivity contribution in [3.63, 3.8) is 0 Å². The van der Waals surface area contributed by atoms with Gasteiger partial charge in [-0.1, -0.05) is 23.8 Å². The lowest BCUT2D eigenvalue weighted by Crippen LogP contribution is -2.35. The van der Waals surface area contributed by atoms with Crippen molar-refractivity contribution in [2.45, 2.75) is 18.7 Å². The Bertz CT molecular complexity index is 662. The van der Waals surface area contributed by atoms with Crippen LogP contribution in [0.1, 0.15) is 12.5 Å². The van der Waals surface area contributed by atoms with Gasteiger partial charge in [-0.05, 0) is 26.0 Å². The van der Waals surface area contributed by atoms with Crippen LogP contribution in [0, 0.1) is 6.92 Å². The normalized spacial score (nSPS) is 11.8. The number of hydrogen-bond donors (Lipinski definition) is 0. The molecular formula is C15H19NO5S. The van der Waals surface area contributed by atoms with Crippen LogP contribution in [0.25, 0.3) is 0 Å². The maximum Gasteiger partial charge on any atom is 0.330 e. The molecule has 0 amide bonds. The lowest BCUT2D eigenvalue weighted by Gasteiger charge is -2.19. The highest BCUT2D eigenvalue weighted by atomic mass is 32.2. The second-order valence-electron chi connectivity index (χ2n) is 4.74. The molecule has 0 saturated heterocycles. The fraction of sp³-hybridized carbons (Fsp3) is 0.333. The molecule has 0 bridgehead atoms. The molecule has 0 N–H and O–H groups in total. The second kappa shape index (κ2) is 7.86. The Kier molecular flexibility index (Phi) is 6.45. The van der Waals surface area contributed by atoms with E-state index in [-0.39, 0.29) is 23.8 Å². The number of sulfonamides is 1. The van der Waals surface area contributed by atoms with E-state index < -0.39 is 16.0 Å². The molecule has 22 heavy (non-hydrogen) atoms. The number of ketones is 1. The molecule has 1 rings (SSSR count). The third kappa shape index (κ3) is 5.09. The van der Waals surface area contributed by atoms with Gasteiger partial charge in [0.1, 0.15) is 5.78 Å². The number of rotatable bonds is 7. The number of carbonyl (C=O) groups is 2. The number of methoxy groups -OCH3 is 1.